The first-order chi connectivity index (χ1) is 16.7. The van der Waals surface area contributed by atoms with Crippen LogP contribution in [-0.4, -0.2) is 47.3 Å². The Labute approximate surface area is 201 Å². The molecule has 182 valence electrons. The molecule has 0 atom stereocenters. The van der Waals surface area contributed by atoms with Crippen molar-refractivity contribution in [3.8, 4) is 0 Å². The zero-order valence-electron chi connectivity index (χ0n) is 19.6. The van der Waals surface area contributed by atoms with Gasteiger partial charge < -0.3 is 25.6 Å². The van der Waals surface area contributed by atoms with Gasteiger partial charge in [-0.15, -0.1) is 0 Å². The molecule has 9 nitrogen and oxygen atoms in total. The first-order valence-electron chi connectivity index (χ1n) is 11.0. The third-order valence-electron chi connectivity index (χ3n) is 5.63. The van der Waals surface area contributed by atoms with Crippen LogP contribution in [0.1, 0.15) is 66.4 Å². The van der Waals surface area contributed by atoms with E-state index in [1.165, 1.54) is 12.1 Å². The molecule has 0 fully saturated rings. The van der Waals surface area contributed by atoms with Crippen LogP contribution in [0.5, 0.6) is 0 Å². The fourth-order valence-electron chi connectivity index (χ4n) is 3.93. The van der Waals surface area contributed by atoms with Gasteiger partial charge in [0, 0.05) is 34.2 Å². The van der Waals surface area contributed by atoms with E-state index in [0.717, 1.165) is 23.3 Å². The molecule has 0 bridgehead atoms. The molecule has 0 spiro atoms. The molecule has 3 rings (SSSR count). The number of hydrogen-bond acceptors (Lipinski definition) is 5. The van der Waals surface area contributed by atoms with Crippen molar-refractivity contribution in [3.63, 3.8) is 0 Å². The molecule has 9 heteroatoms. The zero-order chi connectivity index (χ0) is 25.7. The highest BCUT2D eigenvalue weighted by Crippen LogP contribution is 2.32. The van der Waals surface area contributed by atoms with Gasteiger partial charge in [0.2, 0.25) is 0 Å². The normalized spacial score (nSPS) is 10.7. The molecule has 0 aliphatic carbocycles. The van der Waals surface area contributed by atoms with Gasteiger partial charge in [-0.1, -0.05) is 25.1 Å². The quantitative estimate of drug-likeness (QED) is 0.268. The van der Waals surface area contributed by atoms with Crippen LogP contribution in [0.2, 0.25) is 0 Å². The number of amides is 2. The van der Waals surface area contributed by atoms with Crippen molar-refractivity contribution in [2.24, 2.45) is 0 Å². The number of anilines is 1. The van der Waals surface area contributed by atoms with E-state index < -0.39 is 23.8 Å². The summed E-state index contributed by atoms with van der Waals surface area (Å²) in [5.41, 5.74) is 1.56. The maximum absolute atomic E-state index is 13.4. The monoisotopic (exact) mass is 478 g/mol. The number of carboxylic acid groups (broad SMARTS) is 2. The summed E-state index contributed by atoms with van der Waals surface area (Å²) in [6.45, 7) is 5.76. The standard InChI is InChI=1S/C26H26N2O7/c1-4-15-8-6-7-14(3)22(15)28-24(30)17-10-9-16(23(29)27-13-35-5-2)20-18(25(31)32)11-12-19(21(17)20)26(33)34/h6-12H,4-5,13H2,1-3H3,(H,27,29)(H,28,30)(H,31,32)(H,33,34). The topological polar surface area (TPSA) is 142 Å². The first kappa shape index (κ1) is 25.4. The largest absolute Gasteiger partial charge is 0.478 e. The Morgan fingerprint density at radius 2 is 1.34 bits per heavy atom. The Bertz CT molecular complexity index is 1330. The van der Waals surface area contributed by atoms with Gasteiger partial charge in [-0.2, -0.15) is 0 Å². The van der Waals surface area contributed by atoms with Crippen molar-refractivity contribution < 1.29 is 34.1 Å². The number of aromatic carboxylic acids is 2. The molecule has 0 radical (unpaired) electrons. The number of benzene rings is 3. The number of hydrogen-bond donors (Lipinski definition) is 4. The summed E-state index contributed by atoms with van der Waals surface area (Å²) in [4.78, 5) is 50.4. The van der Waals surface area contributed by atoms with E-state index in [0.29, 0.717) is 18.7 Å². The van der Waals surface area contributed by atoms with Gasteiger partial charge in [0.1, 0.15) is 6.73 Å². The van der Waals surface area contributed by atoms with Crippen molar-refractivity contribution in [2.75, 3.05) is 18.7 Å². The molecule has 0 saturated heterocycles. The first-order valence-corrected chi connectivity index (χ1v) is 11.0. The van der Waals surface area contributed by atoms with Gasteiger partial charge in [0.05, 0.1) is 11.1 Å². The van der Waals surface area contributed by atoms with Crippen LogP contribution in [0.4, 0.5) is 5.69 Å². The summed E-state index contributed by atoms with van der Waals surface area (Å²) in [7, 11) is 0. The molecular formula is C26H26N2O7. The average molecular weight is 479 g/mol. The van der Waals surface area contributed by atoms with E-state index in [4.69, 9.17) is 4.74 Å². The van der Waals surface area contributed by atoms with Crippen molar-refractivity contribution in [1.82, 2.24) is 5.32 Å². The van der Waals surface area contributed by atoms with Gasteiger partial charge in [0.15, 0.2) is 0 Å². The van der Waals surface area contributed by atoms with Crippen LogP contribution in [0.15, 0.2) is 42.5 Å². The molecule has 0 heterocycles. The summed E-state index contributed by atoms with van der Waals surface area (Å²) < 4.78 is 5.13. The van der Waals surface area contributed by atoms with Gasteiger partial charge in [-0.3, -0.25) is 9.59 Å². The number of ether oxygens (including phenoxy) is 1. The van der Waals surface area contributed by atoms with Crippen LogP contribution in [-0.2, 0) is 11.2 Å². The van der Waals surface area contributed by atoms with Gasteiger partial charge in [-0.05, 0) is 55.7 Å². The number of fused-ring (bicyclic) bond motifs is 1. The lowest BCUT2D eigenvalue weighted by molar-refractivity contribution is 0.0684. The van der Waals surface area contributed by atoms with E-state index in [1.54, 1.807) is 6.92 Å². The summed E-state index contributed by atoms with van der Waals surface area (Å²) in [6.07, 6.45) is 0.653. The fourth-order valence-corrected chi connectivity index (χ4v) is 3.93. The summed E-state index contributed by atoms with van der Waals surface area (Å²) in [5.74, 6) is -4.01. The van der Waals surface area contributed by atoms with Crippen LogP contribution >= 0.6 is 0 Å². The summed E-state index contributed by atoms with van der Waals surface area (Å²) >= 11 is 0. The van der Waals surface area contributed by atoms with Gasteiger partial charge >= 0.3 is 11.9 Å². The number of carbonyl (C=O) groups excluding carboxylic acids is 2. The smallest absolute Gasteiger partial charge is 0.336 e. The highest BCUT2D eigenvalue weighted by atomic mass is 16.5. The van der Waals surface area contributed by atoms with Crippen LogP contribution in [0.25, 0.3) is 10.8 Å². The average Bonchev–Trinajstić information content (AvgIpc) is 2.83. The minimum Gasteiger partial charge on any atom is -0.478 e. The van der Waals surface area contributed by atoms with Crippen LogP contribution in [0, 0.1) is 6.92 Å². The van der Waals surface area contributed by atoms with Crippen molar-refractivity contribution in [1.29, 1.82) is 0 Å². The zero-order valence-corrected chi connectivity index (χ0v) is 19.6. The number of nitrogens with one attached hydrogen (secondary N) is 2. The molecule has 2 amide bonds. The van der Waals surface area contributed by atoms with Crippen molar-refractivity contribution in [2.45, 2.75) is 27.2 Å². The lowest BCUT2D eigenvalue weighted by Gasteiger charge is -2.17. The van der Waals surface area contributed by atoms with E-state index in [2.05, 4.69) is 10.6 Å². The van der Waals surface area contributed by atoms with E-state index in [1.807, 2.05) is 32.0 Å². The van der Waals surface area contributed by atoms with Gasteiger partial charge in [-0.25, -0.2) is 9.59 Å². The minimum atomic E-state index is -1.37. The lowest BCUT2D eigenvalue weighted by Crippen LogP contribution is -2.27. The molecule has 0 aliphatic rings. The fraction of sp³-hybridized carbons (Fsp3) is 0.231. The van der Waals surface area contributed by atoms with E-state index in [-0.39, 0.29) is 39.8 Å². The molecule has 0 aromatic heterocycles. The predicted octanol–water partition coefficient (Wildman–Crippen LogP) is 4.08. The Kier molecular flexibility index (Phi) is 7.83. The Hall–Kier alpha value is -4.24. The SMILES string of the molecule is CCOCNC(=O)c1ccc(C(=O)Nc2c(C)cccc2CC)c2c(C(=O)O)ccc(C(=O)O)c12. The summed E-state index contributed by atoms with van der Waals surface area (Å²) in [5, 5.41) is 24.7. The van der Waals surface area contributed by atoms with Crippen molar-refractivity contribution >= 4 is 40.2 Å². The highest BCUT2D eigenvalue weighted by molar-refractivity contribution is 6.24. The third kappa shape index (κ3) is 5.15. The molecule has 0 aliphatic heterocycles. The van der Waals surface area contributed by atoms with Gasteiger partial charge in [0.25, 0.3) is 11.8 Å². The van der Waals surface area contributed by atoms with Crippen LogP contribution < -0.4 is 10.6 Å². The number of rotatable bonds is 9. The number of para-hydroxylation sites is 1. The second-order valence-corrected chi connectivity index (χ2v) is 7.74. The minimum absolute atomic E-state index is 0.0628. The molecular weight excluding hydrogens is 452 g/mol. The third-order valence-corrected chi connectivity index (χ3v) is 5.63. The predicted molar refractivity (Wildman–Crippen MR) is 130 cm³/mol. The Morgan fingerprint density at radius 1 is 0.800 bits per heavy atom. The van der Waals surface area contributed by atoms with Crippen LogP contribution in [0.3, 0.4) is 0 Å². The summed E-state index contributed by atoms with van der Waals surface area (Å²) in [6, 6.07) is 10.5. The number of carbonyl (C=O) groups is 4. The molecule has 3 aromatic rings. The Morgan fingerprint density at radius 3 is 1.86 bits per heavy atom. The highest BCUT2D eigenvalue weighted by Gasteiger charge is 2.26. The maximum atomic E-state index is 13.4. The molecule has 0 saturated carbocycles. The van der Waals surface area contributed by atoms with Crippen molar-refractivity contribution in [3.05, 3.63) is 75.8 Å². The molecule has 0 unspecified atom stereocenters. The molecule has 35 heavy (non-hydrogen) atoms. The molecule has 3 aromatic carbocycles. The molecule has 4 N–H and O–H groups in total. The van der Waals surface area contributed by atoms with E-state index in [9.17, 15) is 29.4 Å². The second kappa shape index (κ2) is 10.8. The Balaban J connectivity index is 2.27. The van der Waals surface area contributed by atoms with E-state index >= 15 is 0 Å². The lowest BCUT2D eigenvalue weighted by atomic mass is 9.90. The number of carboxylic acids is 2. The second-order valence-electron chi connectivity index (χ2n) is 7.74. The maximum Gasteiger partial charge on any atom is 0.336 e. The number of aryl methyl sites for hydroxylation is 2.